The van der Waals surface area contributed by atoms with Gasteiger partial charge in [-0.1, -0.05) is 24.3 Å². The lowest BCUT2D eigenvalue weighted by Gasteiger charge is -2.26. The molecule has 0 bridgehead atoms. The van der Waals surface area contributed by atoms with Crippen molar-refractivity contribution in [3.8, 4) is 39.8 Å². The summed E-state index contributed by atoms with van der Waals surface area (Å²) in [5, 5.41) is 2.27. The number of hydrogen-bond acceptors (Lipinski definition) is 5. The highest BCUT2D eigenvalue weighted by Gasteiger charge is 2.16. The van der Waals surface area contributed by atoms with Crippen molar-refractivity contribution in [2.75, 3.05) is 32.3 Å². The highest BCUT2D eigenvalue weighted by molar-refractivity contribution is 6.10. The fourth-order valence-corrected chi connectivity index (χ4v) is 6.29. The molecule has 1 aromatic heterocycles. The van der Waals surface area contributed by atoms with Gasteiger partial charge in [0.15, 0.2) is 0 Å². The van der Waals surface area contributed by atoms with Crippen molar-refractivity contribution in [2.45, 2.75) is 13.8 Å². The topological polar surface area (TPSA) is 45.1 Å². The molecule has 0 aliphatic carbocycles. The van der Waals surface area contributed by atoms with Gasteiger partial charge < -0.3 is 28.4 Å². The van der Waals surface area contributed by atoms with Gasteiger partial charge in [-0.15, -0.1) is 0 Å². The number of fused-ring (bicyclic) bond motifs is 3. The summed E-state index contributed by atoms with van der Waals surface area (Å²) in [5.74, 6) is 3.36. The number of hydrogen-bond donors (Lipinski definition) is 0. The zero-order valence-corrected chi connectivity index (χ0v) is 27.6. The smallest absolute Gasteiger partial charge is 0.120 e. The Morgan fingerprint density at radius 3 is 1.23 bits per heavy atom. The Morgan fingerprint density at radius 2 is 0.833 bits per heavy atom. The summed E-state index contributed by atoms with van der Waals surface area (Å²) >= 11 is 0. The summed E-state index contributed by atoms with van der Waals surface area (Å²) in [4.78, 5) is 2.22. The maximum Gasteiger partial charge on any atom is 0.120 e. The third-order valence-corrected chi connectivity index (χ3v) is 8.58. The summed E-state index contributed by atoms with van der Waals surface area (Å²) in [6, 6.07) is 46.3. The van der Waals surface area contributed by atoms with Gasteiger partial charge >= 0.3 is 0 Å². The van der Waals surface area contributed by atoms with Gasteiger partial charge in [0, 0.05) is 33.5 Å². The fraction of sp³-hybridized carbons (Fsp3) is 0.143. The number of benzene rings is 6. The average Bonchev–Trinajstić information content (AvgIpc) is 3.46. The van der Waals surface area contributed by atoms with E-state index in [2.05, 4.69) is 107 Å². The number of methoxy groups -OCH3 is 2. The number of aromatic nitrogens is 1. The van der Waals surface area contributed by atoms with Crippen LogP contribution < -0.4 is 23.8 Å². The molecular formula is C42H38N2O4. The highest BCUT2D eigenvalue weighted by atomic mass is 16.5. The van der Waals surface area contributed by atoms with E-state index < -0.39 is 0 Å². The minimum Gasteiger partial charge on any atom is -0.497 e. The van der Waals surface area contributed by atoms with Crippen molar-refractivity contribution in [1.82, 2.24) is 4.57 Å². The zero-order chi connectivity index (χ0) is 33.0. The first kappa shape index (κ1) is 30.8. The van der Waals surface area contributed by atoms with Crippen molar-refractivity contribution < 1.29 is 18.9 Å². The van der Waals surface area contributed by atoms with Gasteiger partial charge in [-0.3, -0.25) is 0 Å². The van der Waals surface area contributed by atoms with E-state index in [-0.39, 0.29) is 0 Å². The van der Waals surface area contributed by atoms with E-state index in [1.165, 1.54) is 0 Å². The molecule has 0 aliphatic rings. The van der Waals surface area contributed by atoms with Crippen molar-refractivity contribution >= 4 is 38.9 Å². The van der Waals surface area contributed by atoms with Gasteiger partial charge in [0.1, 0.15) is 23.0 Å². The quantitative estimate of drug-likeness (QED) is 0.142. The standard InChI is InChI=1S/C42H38N2O4/c1-5-47-37-23-25-41-39(27-37)40-28-38(48-6-2)24-26-42(40)44(41)34-13-9-30(10-14-34)29-7-11-31(12-8-29)43(32-15-19-35(45-3)20-16-32)33-17-21-36(46-4)22-18-33/h7-28H,5-6H2,1-4H3. The van der Waals surface area contributed by atoms with E-state index in [4.69, 9.17) is 18.9 Å². The Kier molecular flexibility index (Phi) is 8.63. The molecular weight excluding hydrogens is 596 g/mol. The monoisotopic (exact) mass is 634 g/mol. The normalized spacial score (nSPS) is 11.1. The fourth-order valence-electron chi connectivity index (χ4n) is 6.29. The van der Waals surface area contributed by atoms with Crippen LogP contribution in [0.5, 0.6) is 23.0 Å². The Morgan fingerprint density at radius 1 is 0.458 bits per heavy atom. The van der Waals surface area contributed by atoms with Gasteiger partial charge in [-0.05, 0) is 134 Å². The molecule has 7 aromatic rings. The molecule has 7 rings (SSSR count). The second-order valence-electron chi connectivity index (χ2n) is 11.4. The molecule has 240 valence electrons. The Hall–Kier alpha value is -5.88. The minimum atomic E-state index is 0.623. The van der Waals surface area contributed by atoms with Crippen LogP contribution in [0, 0.1) is 0 Å². The van der Waals surface area contributed by atoms with E-state index in [1.54, 1.807) is 14.2 Å². The lowest BCUT2D eigenvalue weighted by atomic mass is 10.0. The highest BCUT2D eigenvalue weighted by Crippen LogP contribution is 2.39. The molecule has 0 fully saturated rings. The molecule has 6 nitrogen and oxygen atoms in total. The average molecular weight is 635 g/mol. The van der Waals surface area contributed by atoms with Gasteiger partial charge in [-0.2, -0.15) is 0 Å². The van der Waals surface area contributed by atoms with Gasteiger partial charge in [-0.25, -0.2) is 0 Å². The molecule has 0 amide bonds. The van der Waals surface area contributed by atoms with Gasteiger partial charge in [0.2, 0.25) is 0 Å². The third kappa shape index (κ3) is 5.89. The first-order valence-electron chi connectivity index (χ1n) is 16.2. The molecule has 0 unspecified atom stereocenters. The molecule has 1 heterocycles. The maximum absolute atomic E-state index is 5.86. The van der Waals surface area contributed by atoms with E-state index in [1.807, 2.05) is 50.2 Å². The van der Waals surface area contributed by atoms with E-state index in [0.717, 1.165) is 78.7 Å². The molecule has 0 N–H and O–H groups in total. The van der Waals surface area contributed by atoms with E-state index in [9.17, 15) is 0 Å². The second kappa shape index (κ2) is 13.5. The van der Waals surface area contributed by atoms with Crippen LogP contribution in [-0.2, 0) is 0 Å². The molecule has 0 saturated carbocycles. The van der Waals surface area contributed by atoms with Gasteiger partial charge in [0.25, 0.3) is 0 Å². The minimum absolute atomic E-state index is 0.623. The number of rotatable bonds is 11. The molecule has 0 spiro atoms. The van der Waals surface area contributed by atoms with Crippen LogP contribution in [-0.4, -0.2) is 32.0 Å². The Labute approximate surface area is 281 Å². The van der Waals surface area contributed by atoms with E-state index >= 15 is 0 Å². The van der Waals surface area contributed by atoms with Crippen LogP contribution >= 0.6 is 0 Å². The summed E-state index contributed by atoms with van der Waals surface area (Å²) < 4.78 is 24.8. The lowest BCUT2D eigenvalue weighted by Crippen LogP contribution is -2.09. The molecule has 48 heavy (non-hydrogen) atoms. The maximum atomic E-state index is 5.86. The molecule has 6 aromatic carbocycles. The summed E-state index contributed by atoms with van der Waals surface area (Å²) in [5.41, 5.74) is 8.73. The van der Waals surface area contributed by atoms with Crippen molar-refractivity contribution in [3.05, 3.63) is 133 Å². The largest absolute Gasteiger partial charge is 0.497 e. The predicted octanol–water partition coefficient (Wildman–Crippen LogP) is 10.7. The molecule has 0 saturated heterocycles. The van der Waals surface area contributed by atoms with E-state index in [0.29, 0.717) is 13.2 Å². The van der Waals surface area contributed by atoms with Crippen LogP contribution in [0.2, 0.25) is 0 Å². The van der Waals surface area contributed by atoms with Crippen LogP contribution in [0.4, 0.5) is 17.1 Å². The van der Waals surface area contributed by atoms with Crippen LogP contribution in [0.3, 0.4) is 0 Å². The zero-order valence-electron chi connectivity index (χ0n) is 27.6. The van der Waals surface area contributed by atoms with Crippen LogP contribution in [0.25, 0.3) is 38.6 Å². The number of anilines is 3. The predicted molar refractivity (Wildman–Crippen MR) is 196 cm³/mol. The molecule has 0 aliphatic heterocycles. The van der Waals surface area contributed by atoms with Crippen LogP contribution in [0.15, 0.2) is 133 Å². The SMILES string of the molecule is CCOc1ccc2c(c1)c1cc(OCC)ccc1n2-c1ccc(-c2ccc(N(c3ccc(OC)cc3)c3ccc(OC)cc3)cc2)cc1. The number of nitrogens with zero attached hydrogens (tertiary/aromatic N) is 2. The summed E-state index contributed by atoms with van der Waals surface area (Å²) in [6.45, 7) is 5.26. The summed E-state index contributed by atoms with van der Waals surface area (Å²) in [7, 11) is 3.36. The summed E-state index contributed by atoms with van der Waals surface area (Å²) in [6.07, 6.45) is 0. The van der Waals surface area contributed by atoms with Crippen molar-refractivity contribution in [1.29, 1.82) is 0 Å². The molecule has 0 radical (unpaired) electrons. The molecule has 6 heteroatoms. The lowest BCUT2D eigenvalue weighted by molar-refractivity contribution is 0.340. The van der Waals surface area contributed by atoms with Gasteiger partial charge in [0.05, 0.1) is 38.5 Å². The first-order chi connectivity index (χ1) is 23.6. The second-order valence-corrected chi connectivity index (χ2v) is 11.4. The third-order valence-electron chi connectivity index (χ3n) is 8.58. The van der Waals surface area contributed by atoms with Crippen molar-refractivity contribution in [2.24, 2.45) is 0 Å². The number of ether oxygens (including phenoxy) is 4. The molecule has 0 atom stereocenters. The Bertz CT molecular complexity index is 2040. The van der Waals surface area contributed by atoms with Crippen LogP contribution in [0.1, 0.15) is 13.8 Å². The Balaban J connectivity index is 1.23. The van der Waals surface area contributed by atoms with Crippen molar-refractivity contribution in [3.63, 3.8) is 0 Å². The first-order valence-corrected chi connectivity index (χ1v) is 16.2.